The first-order valence-corrected chi connectivity index (χ1v) is 8.13. The van der Waals surface area contributed by atoms with E-state index in [0.717, 1.165) is 55.8 Å². The first-order valence-electron chi connectivity index (χ1n) is 8.13. The Hall–Kier alpha value is -0.630. The quantitative estimate of drug-likeness (QED) is 0.726. The third kappa shape index (κ3) is 1.91. The van der Waals surface area contributed by atoms with Gasteiger partial charge >= 0.3 is 0 Å². The van der Waals surface area contributed by atoms with Crippen molar-refractivity contribution in [3.05, 3.63) is 11.6 Å². The van der Waals surface area contributed by atoms with E-state index in [1.165, 1.54) is 24.8 Å². The predicted octanol–water partition coefficient (Wildman–Crippen LogP) is 3.10. The van der Waals surface area contributed by atoms with Crippen LogP contribution in [0, 0.1) is 29.6 Å². The highest BCUT2D eigenvalue weighted by Crippen LogP contribution is 2.56. The number of allylic oxidation sites excluding steroid dienone is 1. The largest absolute Gasteiger partial charge is 0.393 e. The van der Waals surface area contributed by atoms with Crippen molar-refractivity contribution < 1.29 is 9.90 Å². The Bertz CT molecular complexity index is 425. The lowest BCUT2D eigenvalue weighted by Crippen LogP contribution is -2.40. The molecule has 4 aliphatic rings. The molecule has 0 unspecified atom stereocenters. The van der Waals surface area contributed by atoms with Gasteiger partial charge in [-0.3, -0.25) is 4.79 Å². The molecule has 0 heterocycles. The molecule has 104 valence electrons. The summed E-state index contributed by atoms with van der Waals surface area (Å²) in [5.74, 6) is 4.30. The van der Waals surface area contributed by atoms with Crippen LogP contribution in [0.2, 0.25) is 0 Å². The van der Waals surface area contributed by atoms with E-state index >= 15 is 0 Å². The SMILES string of the molecule is O=C1C=C2CC[C@H]3[C@@H]4C[C@H](O)C[C@H]4CC[C@@H]3[C@H]2CC1. The number of rotatable bonds is 0. The molecule has 0 saturated heterocycles. The number of aliphatic hydroxyl groups is 1. The van der Waals surface area contributed by atoms with Crippen LogP contribution in [0.5, 0.6) is 0 Å². The molecule has 6 atom stereocenters. The number of carbonyl (C=O) groups is 1. The van der Waals surface area contributed by atoms with Crippen LogP contribution in [0.1, 0.15) is 51.4 Å². The van der Waals surface area contributed by atoms with E-state index in [1.54, 1.807) is 0 Å². The highest BCUT2D eigenvalue weighted by atomic mass is 16.3. The molecule has 0 aromatic carbocycles. The number of ketones is 1. The van der Waals surface area contributed by atoms with Gasteiger partial charge in [0.2, 0.25) is 0 Å². The Kier molecular flexibility index (Phi) is 2.84. The molecule has 3 saturated carbocycles. The molecule has 0 radical (unpaired) electrons. The lowest BCUT2D eigenvalue weighted by Gasteiger charge is -2.49. The second-order valence-electron chi connectivity index (χ2n) is 7.32. The summed E-state index contributed by atoms with van der Waals surface area (Å²) in [5.41, 5.74) is 1.47. The number of aliphatic hydroxyl groups excluding tert-OH is 1. The van der Waals surface area contributed by atoms with E-state index in [2.05, 4.69) is 0 Å². The number of fused-ring (bicyclic) bond motifs is 5. The minimum Gasteiger partial charge on any atom is -0.393 e. The molecule has 0 aliphatic heterocycles. The van der Waals surface area contributed by atoms with E-state index in [0.29, 0.717) is 11.7 Å². The maximum Gasteiger partial charge on any atom is 0.155 e. The van der Waals surface area contributed by atoms with Gasteiger partial charge in [0.1, 0.15) is 0 Å². The number of carbonyl (C=O) groups excluding carboxylic acids is 1. The fourth-order valence-corrected chi connectivity index (χ4v) is 5.80. The van der Waals surface area contributed by atoms with Crippen LogP contribution in [0.4, 0.5) is 0 Å². The van der Waals surface area contributed by atoms with Crippen LogP contribution in [-0.2, 0) is 4.79 Å². The van der Waals surface area contributed by atoms with Crippen molar-refractivity contribution >= 4 is 5.78 Å². The minimum absolute atomic E-state index is 0.0291. The third-order valence-corrected chi connectivity index (χ3v) is 6.50. The molecule has 2 heteroatoms. The van der Waals surface area contributed by atoms with Gasteiger partial charge in [0.25, 0.3) is 0 Å². The first kappa shape index (κ1) is 12.1. The van der Waals surface area contributed by atoms with Crippen LogP contribution in [0.3, 0.4) is 0 Å². The topological polar surface area (TPSA) is 37.3 Å². The Balaban J connectivity index is 1.59. The van der Waals surface area contributed by atoms with Gasteiger partial charge in [-0.1, -0.05) is 5.57 Å². The van der Waals surface area contributed by atoms with Crippen LogP contribution in [0.15, 0.2) is 11.6 Å². The van der Waals surface area contributed by atoms with Gasteiger partial charge in [-0.25, -0.2) is 0 Å². The zero-order valence-corrected chi connectivity index (χ0v) is 11.6. The van der Waals surface area contributed by atoms with Crippen molar-refractivity contribution in [2.45, 2.75) is 57.5 Å². The maximum absolute atomic E-state index is 11.6. The molecule has 19 heavy (non-hydrogen) atoms. The molecule has 0 aromatic rings. The molecule has 4 rings (SSSR count). The third-order valence-electron chi connectivity index (χ3n) is 6.50. The molecule has 0 amide bonds. The second kappa shape index (κ2) is 4.44. The zero-order chi connectivity index (χ0) is 13.0. The molecule has 2 nitrogen and oxygen atoms in total. The summed E-state index contributed by atoms with van der Waals surface area (Å²) >= 11 is 0. The monoisotopic (exact) mass is 260 g/mol. The van der Waals surface area contributed by atoms with Crippen molar-refractivity contribution in [3.63, 3.8) is 0 Å². The first-order chi connectivity index (χ1) is 9.22. The summed E-state index contributed by atoms with van der Waals surface area (Å²) < 4.78 is 0. The van der Waals surface area contributed by atoms with Gasteiger partial charge in [0.15, 0.2) is 5.78 Å². The molecule has 4 aliphatic carbocycles. The van der Waals surface area contributed by atoms with Crippen molar-refractivity contribution in [2.24, 2.45) is 29.6 Å². The smallest absolute Gasteiger partial charge is 0.155 e. The van der Waals surface area contributed by atoms with Crippen molar-refractivity contribution in [1.29, 1.82) is 0 Å². The summed E-state index contributed by atoms with van der Waals surface area (Å²) in [6.07, 6.45) is 11.0. The average molecular weight is 260 g/mol. The van der Waals surface area contributed by atoms with Crippen molar-refractivity contribution in [2.75, 3.05) is 0 Å². The van der Waals surface area contributed by atoms with Gasteiger partial charge in [0, 0.05) is 6.42 Å². The van der Waals surface area contributed by atoms with E-state index in [9.17, 15) is 9.90 Å². The van der Waals surface area contributed by atoms with Crippen molar-refractivity contribution in [3.8, 4) is 0 Å². The van der Waals surface area contributed by atoms with Crippen molar-refractivity contribution in [1.82, 2.24) is 0 Å². The lowest BCUT2D eigenvalue weighted by atomic mass is 9.56. The number of hydrogen-bond donors (Lipinski definition) is 1. The van der Waals surface area contributed by atoms with Crippen LogP contribution >= 0.6 is 0 Å². The van der Waals surface area contributed by atoms with Gasteiger partial charge in [-0.05, 0) is 80.6 Å². The zero-order valence-electron chi connectivity index (χ0n) is 11.6. The van der Waals surface area contributed by atoms with E-state index in [4.69, 9.17) is 0 Å². The molecule has 0 aromatic heterocycles. The predicted molar refractivity (Wildman–Crippen MR) is 73.5 cm³/mol. The second-order valence-corrected chi connectivity index (χ2v) is 7.32. The molecule has 3 fully saturated rings. The molecular weight excluding hydrogens is 236 g/mol. The fourth-order valence-electron chi connectivity index (χ4n) is 5.80. The highest BCUT2D eigenvalue weighted by Gasteiger charge is 2.49. The lowest BCUT2D eigenvalue weighted by molar-refractivity contribution is -0.115. The summed E-state index contributed by atoms with van der Waals surface area (Å²) in [4.78, 5) is 11.6. The molecule has 1 N–H and O–H groups in total. The Labute approximate surface area is 115 Å². The normalized spacial score (nSPS) is 49.1. The fraction of sp³-hybridized carbons (Fsp3) is 0.824. The highest BCUT2D eigenvalue weighted by molar-refractivity contribution is 5.91. The van der Waals surface area contributed by atoms with Gasteiger partial charge in [0.05, 0.1) is 6.10 Å². The average Bonchev–Trinajstić information content (AvgIpc) is 2.78. The number of hydrogen-bond acceptors (Lipinski definition) is 2. The minimum atomic E-state index is -0.0291. The molecular formula is C17H24O2. The maximum atomic E-state index is 11.6. The standard InChI is InChI=1S/C17H24O2/c18-12-3-6-14-10(7-12)1-5-16-15(14)4-2-11-8-13(19)9-17(11)16/h7,11,13-17,19H,1-6,8-9H2/t11-,13-,14+,15-,16-,17-/m1/s1. The summed E-state index contributed by atoms with van der Waals surface area (Å²) in [7, 11) is 0. The Morgan fingerprint density at radius 2 is 1.84 bits per heavy atom. The van der Waals surface area contributed by atoms with Crippen LogP contribution < -0.4 is 0 Å². The van der Waals surface area contributed by atoms with Gasteiger partial charge in [-0.2, -0.15) is 0 Å². The molecule has 0 spiro atoms. The van der Waals surface area contributed by atoms with E-state index in [1.807, 2.05) is 6.08 Å². The molecule has 0 bridgehead atoms. The van der Waals surface area contributed by atoms with Crippen LogP contribution in [-0.4, -0.2) is 17.0 Å². The van der Waals surface area contributed by atoms with Gasteiger partial charge in [-0.15, -0.1) is 0 Å². The Morgan fingerprint density at radius 1 is 0.947 bits per heavy atom. The van der Waals surface area contributed by atoms with E-state index in [-0.39, 0.29) is 6.10 Å². The Morgan fingerprint density at radius 3 is 2.74 bits per heavy atom. The van der Waals surface area contributed by atoms with Crippen LogP contribution in [0.25, 0.3) is 0 Å². The summed E-state index contributed by atoms with van der Waals surface area (Å²) in [6, 6.07) is 0. The van der Waals surface area contributed by atoms with E-state index < -0.39 is 0 Å². The van der Waals surface area contributed by atoms with Gasteiger partial charge < -0.3 is 5.11 Å². The summed E-state index contributed by atoms with van der Waals surface area (Å²) in [5, 5.41) is 9.96. The summed E-state index contributed by atoms with van der Waals surface area (Å²) in [6.45, 7) is 0.